The van der Waals surface area contributed by atoms with E-state index < -0.39 is 0 Å². The number of benzene rings is 1. The van der Waals surface area contributed by atoms with Crippen LogP contribution in [0.4, 0.5) is 4.39 Å². The first kappa shape index (κ1) is 23.5. The number of pyridine rings is 1. The Morgan fingerprint density at radius 3 is 2.59 bits per heavy atom. The van der Waals surface area contributed by atoms with Crippen LogP contribution in [0.5, 0.6) is 0 Å². The normalized spacial score (nSPS) is 16.0. The van der Waals surface area contributed by atoms with E-state index in [9.17, 15) is 4.39 Å². The third-order valence-electron chi connectivity index (χ3n) is 4.67. The molecule has 0 amide bonds. The number of nitrogens with one attached hydrogen (secondary N) is 2. The maximum absolute atomic E-state index is 13.4. The van der Waals surface area contributed by atoms with Crippen LogP contribution in [-0.2, 0) is 11.3 Å². The average Bonchev–Trinajstić information content (AvgIpc) is 2.75. The maximum Gasteiger partial charge on any atom is 0.191 e. The number of halogens is 2. The Balaban J connectivity index is 0.00000300. The summed E-state index contributed by atoms with van der Waals surface area (Å²) in [5.41, 5.74) is 2.00. The van der Waals surface area contributed by atoms with Gasteiger partial charge in [0.15, 0.2) is 5.96 Å². The van der Waals surface area contributed by atoms with E-state index in [-0.39, 0.29) is 35.8 Å². The van der Waals surface area contributed by atoms with E-state index in [1.165, 1.54) is 12.1 Å². The molecule has 2 aromatic rings. The number of aromatic nitrogens is 1. The van der Waals surface area contributed by atoms with E-state index >= 15 is 0 Å². The van der Waals surface area contributed by atoms with Gasteiger partial charge in [0.1, 0.15) is 5.82 Å². The Hall–Kier alpha value is -1.78. The molecule has 1 aromatic carbocycles. The first-order valence-corrected chi connectivity index (χ1v) is 9.75. The van der Waals surface area contributed by atoms with Crippen LogP contribution in [0, 0.1) is 5.82 Å². The van der Waals surface area contributed by atoms with Crippen LogP contribution in [0.2, 0.25) is 0 Å². The monoisotopic (exact) mass is 513 g/mol. The van der Waals surface area contributed by atoms with Crippen molar-refractivity contribution in [1.29, 1.82) is 0 Å². The van der Waals surface area contributed by atoms with Crippen LogP contribution in [0.3, 0.4) is 0 Å². The number of hydrogen-bond acceptors (Lipinski definition) is 4. The number of rotatable bonds is 7. The first-order chi connectivity index (χ1) is 13.8. The minimum Gasteiger partial charge on any atom is -0.379 e. The van der Waals surface area contributed by atoms with Gasteiger partial charge in [-0.05, 0) is 36.8 Å². The lowest BCUT2D eigenvalue weighted by Gasteiger charge is -2.35. The van der Waals surface area contributed by atoms with Gasteiger partial charge in [0, 0.05) is 32.4 Å². The van der Waals surface area contributed by atoms with Crippen LogP contribution in [0.1, 0.15) is 24.2 Å². The van der Waals surface area contributed by atoms with E-state index in [0.29, 0.717) is 26.3 Å². The van der Waals surface area contributed by atoms with Crippen molar-refractivity contribution < 1.29 is 9.13 Å². The van der Waals surface area contributed by atoms with Crippen molar-refractivity contribution in [2.75, 3.05) is 39.4 Å². The van der Waals surface area contributed by atoms with E-state index in [2.05, 4.69) is 25.5 Å². The highest BCUT2D eigenvalue weighted by atomic mass is 127. The predicted molar refractivity (Wildman–Crippen MR) is 124 cm³/mol. The molecule has 1 aromatic heterocycles. The summed E-state index contributed by atoms with van der Waals surface area (Å²) in [5.74, 6) is 0.524. The minimum atomic E-state index is -0.220. The van der Waals surface area contributed by atoms with Gasteiger partial charge in [0.2, 0.25) is 0 Å². The summed E-state index contributed by atoms with van der Waals surface area (Å²) >= 11 is 0. The van der Waals surface area contributed by atoms with E-state index in [0.717, 1.165) is 36.9 Å². The molecular weight excluding hydrogens is 484 g/mol. The topological polar surface area (TPSA) is 61.8 Å². The molecule has 158 valence electrons. The van der Waals surface area contributed by atoms with Crippen LogP contribution in [0.15, 0.2) is 53.7 Å². The van der Waals surface area contributed by atoms with Crippen molar-refractivity contribution in [1.82, 2.24) is 20.5 Å². The molecule has 1 fully saturated rings. The highest BCUT2D eigenvalue weighted by Gasteiger charge is 2.23. The summed E-state index contributed by atoms with van der Waals surface area (Å²) in [6, 6.07) is 12.7. The Labute approximate surface area is 189 Å². The highest BCUT2D eigenvalue weighted by molar-refractivity contribution is 14.0. The third-order valence-corrected chi connectivity index (χ3v) is 4.67. The number of hydrogen-bond donors (Lipinski definition) is 2. The zero-order valence-corrected chi connectivity index (χ0v) is 19.0. The number of morpholine rings is 1. The quantitative estimate of drug-likeness (QED) is 0.339. The molecule has 1 aliphatic rings. The van der Waals surface area contributed by atoms with Crippen molar-refractivity contribution in [3.63, 3.8) is 0 Å². The second-order valence-electron chi connectivity index (χ2n) is 6.61. The van der Waals surface area contributed by atoms with E-state index in [1.807, 2.05) is 37.3 Å². The molecule has 2 N–H and O–H groups in total. The van der Waals surface area contributed by atoms with Gasteiger partial charge in [-0.25, -0.2) is 9.38 Å². The molecular formula is C21H29FIN5O. The summed E-state index contributed by atoms with van der Waals surface area (Å²) in [6.45, 7) is 7.12. The molecule has 0 saturated carbocycles. The molecule has 0 aliphatic carbocycles. The van der Waals surface area contributed by atoms with Crippen molar-refractivity contribution >= 4 is 29.9 Å². The molecule has 0 bridgehead atoms. The molecule has 29 heavy (non-hydrogen) atoms. The molecule has 0 radical (unpaired) electrons. The Kier molecular flexibility index (Phi) is 10.3. The Morgan fingerprint density at radius 2 is 1.93 bits per heavy atom. The minimum absolute atomic E-state index is 0. The van der Waals surface area contributed by atoms with Gasteiger partial charge in [-0.15, -0.1) is 24.0 Å². The van der Waals surface area contributed by atoms with E-state index in [1.54, 1.807) is 6.20 Å². The fourth-order valence-electron chi connectivity index (χ4n) is 3.22. The number of nitrogens with zero attached hydrogens (tertiary/aromatic N) is 3. The van der Waals surface area contributed by atoms with Crippen molar-refractivity contribution in [3.8, 4) is 0 Å². The number of aliphatic imine (C=N–C) groups is 1. The summed E-state index contributed by atoms with van der Waals surface area (Å²) < 4.78 is 18.9. The second kappa shape index (κ2) is 12.7. The molecule has 1 atom stereocenters. The number of ether oxygens (including phenoxy) is 1. The molecule has 1 unspecified atom stereocenters. The maximum atomic E-state index is 13.4. The molecule has 3 rings (SSSR count). The standard InChI is InChI=1S/C21H28FN5O.HI/c1-2-23-21(25-15-19-5-3-4-10-24-19)26-16-20(27-11-13-28-14-12-27)17-6-8-18(22)9-7-17;/h3-10,20H,2,11-16H2,1H3,(H2,23,25,26);1H. The molecule has 6 nitrogen and oxygen atoms in total. The van der Waals surface area contributed by atoms with Gasteiger partial charge in [-0.1, -0.05) is 18.2 Å². The largest absolute Gasteiger partial charge is 0.379 e. The zero-order valence-electron chi connectivity index (χ0n) is 16.7. The average molecular weight is 513 g/mol. The predicted octanol–water partition coefficient (Wildman–Crippen LogP) is 2.97. The lowest BCUT2D eigenvalue weighted by atomic mass is 10.0. The molecule has 8 heteroatoms. The number of guanidine groups is 1. The van der Waals surface area contributed by atoms with Crippen LogP contribution < -0.4 is 10.6 Å². The molecule has 1 aliphatic heterocycles. The van der Waals surface area contributed by atoms with E-state index in [4.69, 9.17) is 4.74 Å². The first-order valence-electron chi connectivity index (χ1n) is 9.75. The van der Waals surface area contributed by atoms with Crippen LogP contribution in [0.25, 0.3) is 0 Å². The van der Waals surface area contributed by atoms with Crippen molar-refractivity contribution in [2.24, 2.45) is 4.99 Å². The fraction of sp³-hybridized carbons (Fsp3) is 0.429. The van der Waals surface area contributed by atoms with Crippen LogP contribution in [-0.4, -0.2) is 55.2 Å². The van der Waals surface area contributed by atoms with Gasteiger partial charge < -0.3 is 15.4 Å². The molecule has 2 heterocycles. The Bertz CT molecular complexity index is 738. The van der Waals surface area contributed by atoms with Gasteiger partial charge >= 0.3 is 0 Å². The smallest absolute Gasteiger partial charge is 0.191 e. The summed E-state index contributed by atoms with van der Waals surface area (Å²) in [7, 11) is 0. The molecule has 0 spiro atoms. The highest BCUT2D eigenvalue weighted by Crippen LogP contribution is 2.21. The third kappa shape index (κ3) is 7.52. The van der Waals surface area contributed by atoms with Gasteiger partial charge in [0.25, 0.3) is 0 Å². The lowest BCUT2D eigenvalue weighted by Crippen LogP contribution is -2.46. The zero-order chi connectivity index (χ0) is 19.6. The van der Waals surface area contributed by atoms with Gasteiger partial charge in [-0.2, -0.15) is 0 Å². The summed E-state index contributed by atoms with van der Waals surface area (Å²) in [5, 5.41) is 6.72. The van der Waals surface area contributed by atoms with Crippen molar-refractivity contribution in [2.45, 2.75) is 19.5 Å². The molecule has 1 saturated heterocycles. The van der Waals surface area contributed by atoms with Gasteiger partial charge in [0.05, 0.1) is 31.5 Å². The van der Waals surface area contributed by atoms with Gasteiger partial charge in [-0.3, -0.25) is 9.88 Å². The summed E-state index contributed by atoms with van der Waals surface area (Å²) in [6.07, 6.45) is 1.77. The second-order valence-corrected chi connectivity index (χ2v) is 6.61. The Morgan fingerprint density at radius 1 is 1.17 bits per heavy atom. The fourth-order valence-corrected chi connectivity index (χ4v) is 3.22. The summed E-state index contributed by atoms with van der Waals surface area (Å²) in [4.78, 5) is 11.3. The SMILES string of the molecule is CCNC(=NCc1ccccn1)NCC(c1ccc(F)cc1)N1CCOCC1.I. The van der Waals surface area contributed by atoms with Crippen LogP contribution >= 0.6 is 24.0 Å². The van der Waals surface area contributed by atoms with Crippen molar-refractivity contribution in [3.05, 3.63) is 65.7 Å². The lowest BCUT2D eigenvalue weighted by molar-refractivity contribution is 0.0170.